The van der Waals surface area contributed by atoms with Gasteiger partial charge in [0.15, 0.2) is 0 Å². The third-order valence-electron chi connectivity index (χ3n) is 2.47. The molecule has 98 valence electrons. The lowest BCUT2D eigenvalue weighted by atomic mass is 10.1. The lowest BCUT2D eigenvalue weighted by Crippen LogP contribution is -2.47. The van der Waals surface area contributed by atoms with Crippen LogP contribution in [0.1, 0.15) is 47.5 Å². The first-order valence-corrected chi connectivity index (χ1v) is 8.49. The lowest BCUT2D eigenvalue weighted by Gasteiger charge is -2.30. The molecule has 0 amide bonds. The minimum atomic E-state index is -2.40. The van der Waals surface area contributed by atoms with Gasteiger partial charge in [-0.2, -0.15) is 0 Å². The van der Waals surface area contributed by atoms with Crippen molar-refractivity contribution >= 4 is 8.80 Å². The first kappa shape index (κ1) is 16.1. The molecule has 0 aliphatic heterocycles. The van der Waals surface area contributed by atoms with Crippen LogP contribution in [0, 0.1) is 5.92 Å². The molecule has 1 atom stereocenters. The smallest absolute Gasteiger partial charge is 0.374 e. The van der Waals surface area contributed by atoms with E-state index in [4.69, 9.17) is 13.3 Å². The highest BCUT2D eigenvalue weighted by atomic mass is 28.4. The van der Waals surface area contributed by atoms with Crippen LogP contribution < -0.4 is 0 Å². The van der Waals surface area contributed by atoms with Crippen molar-refractivity contribution in [1.82, 2.24) is 0 Å². The average Bonchev–Trinajstić information content (AvgIpc) is 2.18. The van der Waals surface area contributed by atoms with Crippen LogP contribution in [0.4, 0.5) is 0 Å². The molecule has 0 aromatic heterocycles. The largest absolute Gasteiger partial charge is 0.501 e. The van der Waals surface area contributed by atoms with Crippen LogP contribution in [-0.2, 0) is 13.3 Å². The van der Waals surface area contributed by atoms with E-state index in [9.17, 15) is 0 Å². The van der Waals surface area contributed by atoms with Crippen LogP contribution in [0.2, 0.25) is 6.04 Å². The van der Waals surface area contributed by atoms with Crippen molar-refractivity contribution < 1.29 is 13.3 Å². The highest BCUT2D eigenvalue weighted by molar-refractivity contribution is 6.60. The van der Waals surface area contributed by atoms with Crippen molar-refractivity contribution in [3.63, 3.8) is 0 Å². The summed E-state index contributed by atoms with van der Waals surface area (Å²) in [5.74, 6) is 0.612. The number of hydrogen-bond donors (Lipinski definition) is 0. The molecule has 0 rings (SSSR count). The predicted octanol–water partition coefficient (Wildman–Crippen LogP) is 3.47. The summed E-state index contributed by atoms with van der Waals surface area (Å²) in [6, 6.07) is 0.941. The van der Waals surface area contributed by atoms with Crippen LogP contribution in [-0.4, -0.2) is 28.6 Å². The number of hydrogen-bond acceptors (Lipinski definition) is 3. The molecule has 0 N–H and O–H groups in total. The summed E-state index contributed by atoms with van der Waals surface area (Å²) in [4.78, 5) is 0. The molecular weight excluding hydrogens is 220 g/mol. The van der Waals surface area contributed by atoms with E-state index in [2.05, 4.69) is 13.8 Å². The van der Waals surface area contributed by atoms with E-state index in [1.165, 1.54) is 12.8 Å². The van der Waals surface area contributed by atoms with Crippen molar-refractivity contribution in [2.24, 2.45) is 5.92 Å². The number of rotatable bonds is 10. The third-order valence-corrected chi connectivity index (χ3v) is 5.86. The maximum absolute atomic E-state index is 5.82. The van der Waals surface area contributed by atoms with Crippen molar-refractivity contribution in [1.29, 1.82) is 0 Å². The van der Waals surface area contributed by atoms with Gasteiger partial charge in [-0.3, -0.25) is 0 Å². The van der Waals surface area contributed by atoms with Gasteiger partial charge in [0.2, 0.25) is 0 Å². The summed E-state index contributed by atoms with van der Waals surface area (Å²) < 4.78 is 17.5. The SMILES string of the molecule is CCCC(C)C[Si](OCC)(OCC)OCC. The summed E-state index contributed by atoms with van der Waals surface area (Å²) in [5, 5.41) is 0. The van der Waals surface area contributed by atoms with Crippen LogP contribution >= 0.6 is 0 Å². The molecule has 0 spiro atoms. The van der Waals surface area contributed by atoms with E-state index in [1.54, 1.807) is 0 Å². The molecule has 16 heavy (non-hydrogen) atoms. The van der Waals surface area contributed by atoms with Crippen molar-refractivity contribution in [3.05, 3.63) is 0 Å². The van der Waals surface area contributed by atoms with Crippen molar-refractivity contribution in [2.45, 2.75) is 53.5 Å². The van der Waals surface area contributed by atoms with Gasteiger partial charge in [0.1, 0.15) is 0 Å². The van der Waals surface area contributed by atoms with E-state index in [0.717, 1.165) is 6.04 Å². The summed E-state index contributed by atoms with van der Waals surface area (Å²) in [6.45, 7) is 12.5. The fourth-order valence-electron chi connectivity index (χ4n) is 1.98. The lowest BCUT2D eigenvalue weighted by molar-refractivity contribution is 0.0673. The summed E-state index contributed by atoms with van der Waals surface area (Å²) in [7, 11) is -2.40. The quantitative estimate of drug-likeness (QED) is 0.554. The molecule has 0 saturated carbocycles. The molecule has 0 bridgehead atoms. The van der Waals surface area contributed by atoms with Gasteiger partial charge in [0.05, 0.1) is 0 Å². The molecule has 0 heterocycles. The highest BCUT2D eigenvalue weighted by Gasteiger charge is 2.41. The molecule has 0 aliphatic rings. The maximum Gasteiger partial charge on any atom is 0.501 e. The standard InChI is InChI=1S/C12H28O3Si/c1-6-10-12(5)11-16(13-7-2,14-8-3)15-9-4/h12H,6-11H2,1-5H3. The van der Waals surface area contributed by atoms with Gasteiger partial charge in [0, 0.05) is 25.9 Å². The van der Waals surface area contributed by atoms with Gasteiger partial charge >= 0.3 is 8.80 Å². The Morgan fingerprint density at radius 3 is 1.62 bits per heavy atom. The monoisotopic (exact) mass is 248 g/mol. The fraction of sp³-hybridized carbons (Fsp3) is 1.00. The normalized spacial score (nSPS) is 14.1. The van der Waals surface area contributed by atoms with E-state index >= 15 is 0 Å². The zero-order chi connectivity index (χ0) is 12.4. The summed E-state index contributed by atoms with van der Waals surface area (Å²) in [5.41, 5.74) is 0. The van der Waals surface area contributed by atoms with Crippen LogP contribution in [0.5, 0.6) is 0 Å². The average molecular weight is 248 g/mol. The topological polar surface area (TPSA) is 27.7 Å². The molecule has 0 aromatic carbocycles. The van der Waals surface area contributed by atoms with Crippen LogP contribution in [0.3, 0.4) is 0 Å². The second-order valence-corrected chi connectivity index (χ2v) is 6.72. The van der Waals surface area contributed by atoms with E-state index < -0.39 is 8.80 Å². The van der Waals surface area contributed by atoms with Gasteiger partial charge < -0.3 is 13.3 Å². The fourth-order valence-corrected chi connectivity index (χ4v) is 4.96. The van der Waals surface area contributed by atoms with E-state index in [-0.39, 0.29) is 0 Å². The van der Waals surface area contributed by atoms with Gasteiger partial charge in [-0.25, -0.2) is 0 Å². The minimum absolute atomic E-state index is 0.612. The van der Waals surface area contributed by atoms with Gasteiger partial charge in [0.25, 0.3) is 0 Å². The Kier molecular flexibility index (Phi) is 9.22. The van der Waals surface area contributed by atoms with Crippen molar-refractivity contribution in [2.75, 3.05) is 19.8 Å². The minimum Gasteiger partial charge on any atom is -0.374 e. The zero-order valence-corrected chi connectivity index (χ0v) is 12.5. The predicted molar refractivity (Wildman–Crippen MR) is 69.5 cm³/mol. The molecule has 0 aromatic rings. The van der Waals surface area contributed by atoms with Crippen LogP contribution in [0.25, 0.3) is 0 Å². The molecule has 0 saturated heterocycles. The molecule has 0 aliphatic carbocycles. The van der Waals surface area contributed by atoms with Gasteiger partial charge in [-0.15, -0.1) is 0 Å². The van der Waals surface area contributed by atoms with Gasteiger partial charge in [-0.1, -0.05) is 26.7 Å². The highest BCUT2D eigenvalue weighted by Crippen LogP contribution is 2.24. The van der Waals surface area contributed by atoms with Crippen molar-refractivity contribution in [3.8, 4) is 0 Å². The van der Waals surface area contributed by atoms with E-state index in [0.29, 0.717) is 25.7 Å². The molecule has 0 fully saturated rings. The Hall–Kier alpha value is 0.0969. The van der Waals surface area contributed by atoms with Crippen LogP contribution in [0.15, 0.2) is 0 Å². The Morgan fingerprint density at radius 2 is 1.31 bits per heavy atom. The maximum atomic E-state index is 5.82. The Morgan fingerprint density at radius 1 is 0.875 bits per heavy atom. The second-order valence-electron chi connectivity index (χ2n) is 4.08. The third kappa shape index (κ3) is 5.99. The Bertz CT molecular complexity index is 147. The first-order chi connectivity index (χ1) is 7.64. The van der Waals surface area contributed by atoms with E-state index in [1.807, 2.05) is 20.8 Å². The first-order valence-electron chi connectivity index (χ1n) is 6.55. The zero-order valence-electron chi connectivity index (χ0n) is 11.5. The Labute approximate surface area is 102 Å². The second kappa shape index (κ2) is 9.16. The van der Waals surface area contributed by atoms with Gasteiger partial charge in [-0.05, 0) is 26.7 Å². The molecular formula is C12H28O3Si. The molecule has 0 radical (unpaired) electrons. The summed E-state index contributed by atoms with van der Waals surface area (Å²) >= 11 is 0. The molecule has 3 nitrogen and oxygen atoms in total. The summed E-state index contributed by atoms with van der Waals surface area (Å²) in [6.07, 6.45) is 2.41. The Balaban J connectivity index is 4.44. The molecule has 4 heteroatoms. The molecule has 1 unspecified atom stereocenters.